The second kappa shape index (κ2) is 3.87. The summed E-state index contributed by atoms with van der Waals surface area (Å²) in [5.41, 5.74) is 4.12. The normalized spacial score (nSPS) is 17.1. The number of benzene rings is 1. The van der Waals surface area contributed by atoms with E-state index in [1.54, 1.807) is 0 Å². The van der Waals surface area contributed by atoms with E-state index in [9.17, 15) is 0 Å². The average molecular weight is 212 g/mol. The molecule has 0 saturated carbocycles. The van der Waals surface area contributed by atoms with Gasteiger partial charge in [0.25, 0.3) is 0 Å². The molecule has 1 aliphatic heterocycles. The van der Waals surface area contributed by atoms with Crippen LogP contribution in [0.1, 0.15) is 11.1 Å². The molecule has 16 heavy (non-hydrogen) atoms. The van der Waals surface area contributed by atoms with Crippen LogP contribution in [0.2, 0.25) is 0 Å². The number of aromatic nitrogens is 1. The summed E-state index contributed by atoms with van der Waals surface area (Å²) in [6.07, 6.45) is 4.19. The molecule has 2 heteroatoms. The minimum atomic E-state index is 1.13. The van der Waals surface area contributed by atoms with E-state index in [4.69, 9.17) is 0 Å². The Hall–Kier alpha value is -1.41. The van der Waals surface area contributed by atoms with E-state index in [2.05, 4.69) is 35.1 Å². The van der Waals surface area contributed by atoms with Gasteiger partial charge in [0.05, 0.1) is 5.52 Å². The van der Waals surface area contributed by atoms with Crippen molar-refractivity contribution in [2.75, 3.05) is 20.1 Å². The molecule has 0 N–H and O–H groups in total. The first kappa shape index (κ1) is 9.79. The Morgan fingerprint density at radius 2 is 1.88 bits per heavy atom. The molecule has 1 aromatic heterocycles. The molecule has 0 atom stereocenters. The minimum Gasteiger partial charge on any atom is -0.306 e. The molecule has 0 unspecified atom stereocenters. The number of hydrogen-bond acceptors (Lipinski definition) is 2. The third kappa shape index (κ3) is 1.69. The van der Waals surface area contributed by atoms with Gasteiger partial charge in [0.15, 0.2) is 0 Å². The molecule has 0 fully saturated rings. The second-order valence-electron chi connectivity index (χ2n) is 4.62. The highest BCUT2D eigenvalue weighted by molar-refractivity contribution is 5.80. The van der Waals surface area contributed by atoms with E-state index >= 15 is 0 Å². The number of likely N-dealkylation sites (N-methyl/N-ethyl adjacent to an activating group) is 1. The van der Waals surface area contributed by atoms with Crippen LogP contribution in [0.15, 0.2) is 30.5 Å². The number of pyridine rings is 1. The Balaban J connectivity index is 2.13. The summed E-state index contributed by atoms with van der Waals surface area (Å²) in [4.78, 5) is 6.83. The Labute approximate surface area is 95.9 Å². The quantitative estimate of drug-likeness (QED) is 0.666. The standard InChI is InChI=1S/C14H16N2/c1-16-7-4-11-9-13-3-2-6-15-14(13)10-12(11)5-8-16/h2-3,6,9-10H,4-5,7-8H2,1H3. The molecule has 0 spiro atoms. The summed E-state index contributed by atoms with van der Waals surface area (Å²) in [7, 11) is 2.20. The van der Waals surface area contributed by atoms with Crippen LogP contribution in [0.3, 0.4) is 0 Å². The van der Waals surface area contributed by atoms with Crippen LogP contribution in [0.25, 0.3) is 10.9 Å². The first-order chi connectivity index (χ1) is 7.83. The van der Waals surface area contributed by atoms with Crippen molar-refractivity contribution in [3.05, 3.63) is 41.6 Å². The second-order valence-corrected chi connectivity index (χ2v) is 4.62. The zero-order chi connectivity index (χ0) is 11.0. The van der Waals surface area contributed by atoms with E-state index in [-0.39, 0.29) is 0 Å². The molecule has 0 radical (unpaired) electrons. The van der Waals surface area contributed by atoms with Crippen molar-refractivity contribution >= 4 is 10.9 Å². The Bertz CT molecular complexity index is 473. The van der Waals surface area contributed by atoms with Crippen molar-refractivity contribution < 1.29 is 0 Å². The Morgan fingerprint density at radius 3 is 2.69 bits per heavy atom. The van der Waals surface area contributed by atoms with Crippen molar-refractivity contribution in [3.63, 3.8) is 0 Å². The van der Waals surface area contributed by atoms with Crippen LogP contribution in [0, 0.1) is 0 Å². The summed E-state index contributed by atoms with van der Waals surface area (Å²) < 4.78 is 0. The minimum absolute atomic E-state index is 1.13. The average Bonchev–Trinajstić information content (AvgIpc) is 2.49. The summed E-state index contributed by atoms with van der Waals surface area (Å²) in [6, 6.07) is 8.75. The molecule has 0 saturated heterocycles. The topological polar surface area (TPSA) is 16.1 Å². The van der Waals surface area contributed by atoms with Gasteiger partial charge in [-0.05, 0) is 49.2 Å². The number of fused-ring (bicyclic) bond motifs is 2. The van der Waals surface area contributed by atoms with E-state index in [0.717, 1.165) is 24.9 Å². The maximum absolute atomic E-state index is 4.43. The SMILES string of the molecule is CN1CCc2cc3cccnc3cc2CC1. The van der Waals surface area contributed by atoms with Gasteiger partial charge < -0.3 is 4.90 Å². The van der Waals surface area contributed by atoms with Gasteiger partial charge in [-0.15, -0.1) is 0 Å². The summed E-state index contributed by atoms with van der Waals surface area (Å²) >= 11 is 0. The molecule has 2 heterocycles. The van der Waals surface area contributed by atoms with Crippen molar-refractivity contribution in [1.29, 1.82) is 0 Å². The molecule has 2 aromatic rings. The van der Waals surface area contributed by atoms with E-state index in [1.807, 2.05) is 12.3 Å². The van der Waals surface area contributed by atoms with Crippen LogP contribution in [0.4, 0.5) is 0 Å². The van der Waals surface area contributed by atoms with Crippen molar-refractivity contribution in [2.45, 2.75) is 12.8 Å². The fourth-order valence-corrected chi connectivity index (χ4v) is 2.41. The lowest BCUT2D eigenvalue weighted by molar-refractivity contribution is 0.352. The van der Waals surface area contributed by atoms with Gasteiger partial charge >= 0.3 is 0 Å². The smallest absolute Gasteiger partial charge is 0.0704 e. The highest BCUT2D eigenvalue weighted by Gasteiger charge is 2.11. The van der Waals surface area contributed by atoms with Gasteiger partial charge in [-0.25, -0.2) is 0 Å². The lowest BCUT2D eigenvalue weighted by atomic mass is 10.0. The molecular formula is C14H16N2. The molecule has 0 aliphatic carbocycles. The third-order valence-corrected chi connectivity index (χ3v) is 3.45. The zero-order valence-electron chi connectivity index (χ0n) is 9.61. The first-order valence-corrected chi connectivity index (χ1v) is 5.88. The van der Waals surface area contributed by atoms with Gasteiger partial charge in [0, 0.05) is 24.7 Å². The van der Waals surface area contributed by atoms with Gasteiger partial charge in [0.2, 0.25) is 0 Å². The van der Waals surface area contributed by atoms with E-state index in [1.165, 1.54) is 23.1 Å². The number of rotatable bonds is 0. The summed E-state index contributed by atoms with van der Waals surface area (Å²) in [5.74, 6) is 0. The van der Waals surface area contributed by atoms with Crippen LogP contribution in [-0.2, 0) is 12.8 Å². The van der Waals surface area contributed by atoms with Crippen molar-refractivity contribution in [3.8, 4) is 0 Å². The maximum Gasteiger partial charge on any atom is 0.0704 e. The van der Waals surface area contributed by atoms with Crippen molar-refractivity contribution in [1.82, 2.24) is 9.88 Å². The Morgan fingerprint density at radius 1 is 1.12 bits per heavy atom. The monoisotopic (exact) mass is 212 g/mol. The summed E-state index contributed by atoms with van der Waals surface area (Å²) in [6.45, 7) is 2.32. The van der Waals surface area contributed by atoms with Crippen LogP contribution in [0.5, 0.6) is 0 Å². The molecule has 3 rings (SSSR count). The van der Waals surface area contributed by atoms with Crippen LogP contribution >= 0.6 is 0 Å². The lowest BCUT2D eigenvalue weighted by Gasteiger charge is -2.10. The molecular weight excluding hydrogens is 196 g/mol. The van der Waals surface area contributed by atoms with Gasteiger partial charge in [-0.2, -0.15) is 0 Å². The summed E-state index contributed by atoms with van der Waals surface area (Å²) in [5, 5.41) is 1.27. The fraction of sp³-hybridized carbons (Fsp3) is 0.357. The maximum atomic E-state index is 4.43. The molecule has 2 nitrogen and oxygen atoms in total. The zero-order valence-corrected chi connectivity index (χ0v) is 9.61. The Kier molecular flexibility index (Phi) is 2.37. The predicted octanol–water partition coefficient (Wildman–Crippen LogP) is 2.27. The molecule has 0 bridgehead atoms. The van der Waals surface area contributed by atoms with E-state index in [0.29, 0.717) is 0 Å². The van der Waals surface area contributed by atoms with Gasteiger partial charge in [-0.3, -0.25) is 4.98 Å². The van der Waals surface area contributed by atoms with Gasteiger partial charge in [-0.1, -0.05) is 6.07 Å². The predicted molar refractivity (Wildman–Crippen MR) is 66.6 cm³/mol. The highest BCUT2D eigenvalue weighted by atomic mass is 15.1. The van der Waals surface area contributed by atoms with Crippen LogP contribution in [-0.4, -0.2) is 30.0 Å². The van der Waals surface area contributed by atoms with Crippen LogP contribution < -0.4 is 0 Å². The van der Waals surface area contributed by atoms with E-state index < -0.39 is 0 Å². The number of nitrogens with zero attached hydrogens (tertiary/aromatic N) is 2. The third-order valence-electron chi connectivity index (χ3n) is 3.45. The highest BCUT2D eigenvalue weighted by Crippen LogP contribution is 2.21. The molecule has 1 aliphatic rings. The largest absolute Gasteiger partial charge is 0.306 e. The molecule has 82 valence electrons. The fourth-order valence-electron chi connectivity index (χ4n) is 2.41. The molecule has 1 aromatic carbocycles. The number of hydrogen-bond donors (Lipinski definition) is 0. The lowest BCUT2D eigenvalue weighted by Crippen LogP contribution is -2.20. The van der Waals surface area contributed by atoms with Gasteiger partial charge in [0.1, 0.15) is 0 Å². The molecule has 0 amide bonds. The first-order valence-electron chi connectivity index (χ1n) is 5.88. The van der Waals surface area contributed by atoms with Crippen molar-refractivity contribution in [2.24, 2.45) is 0 Å².